The smallest absolute Gasteiger partial charge is 0.251 e. The third-order valence-corrected chi connectivity index (χ3v) is 3.20. The fourth-order valence-electron chi connectivity index (χ4n) is 1.95. The number of ether oxygens (including phenoxy) is 1. The molecule has 0 heterocycles. The van der Waals surface area contributed by atoms with E-state index in [4.69, 9.17) is 10.5 Å². The summed E-state index contributed by atoms with van der Waals surface area (Å²) in [6.45, 7) is 1.79. The maximum Gasteiger partial charge on any atom is 0.251 e. The van der Waals surface area contributed by atoms with E-state index >= 15 is 0 Å². The van der Waals surface area contributed by atoms with Crippen molar-refractivity contribution in [3.05, 3.63) is 59.4 Å². The summed E-state index contributed by atoms with van der Waals surface area (Å²) in [6, 6.07) is 10.9. The van der Waals surface area contributed by atoms with Gasteiger partial charge in [0, 0.05) is 11.3 Å². The molecule has 0 bridgehead atoms. The second-order valence-corrected chi connectivity index (χ2v) is 4.71. The first-order valence-electron chi connectivity index (χ1n) is 6.51. The van der Waals surface area contributed by atoms with E-state index in [9.17, 15) is 9.18 Å². The Hall–Kier alpha value is -2.56. The quantitative estimate of drug-likeness (QED) is 0.850. The number of nitrogen functional groups attached to an aromatic ring is 1. The van der Waals surface area contributed by atoms with E-state index in [0.29, 0.717) is 16.8 Å². The van der Waals surface area contributed by atoms with Gasteiger partial charge in [0.05, 0.1) is 13.2 Å². The number of rotatable bonds is 4. The lowest BCUT2D eigenvalue weighted by Gasteiger charge is -2.15. The number of carbonyl (C=O) groups excluding carboxylic acids is 1. The first kappa shape index (κ1) is 14.8. The van der Waals surface area contributed by atoms with E-state index in [2.05, 4.69) is 5.32 Å². The van der Waals surface area contributed by atoms with Crippen molar-refractivity contribution in [1.29, 1.82) is 0 Å². The molecule has 5 heteroatoms. The topological polar surface area (TPSA) is 64.3 Å². The standard InChI is InChI=1S/C16H17FN2O2/c1-10(12-5-8-15(21-2)14(17)9-12)19-16(20)11-3-6-13(18)7-4-11/h3-10H,18H2,1-2H3,(H,19,20). The Morgan fingerprint density at radius 3 is 2.48 bits per heavy atom. The van der Waals surface area contributed by atoms with E-state index < -0.39 is 5.82 Å². The minimum absolute atomic E-state index is 0.177. The number of benzene rings is 2. The van der Waals surface area contributed by atoms with Crippen molar-refractivity contribution in [3.8, 4) is 5.75 Å². The van der Waals surface area contributed by atoms with Crippen molar-refractivity contribution < 1.29 is 13.9 Å². The van der Waals surface area contributed by atoms with Crippen LogP contribution in [0.5, 0.6) is 5.75 Å². The van der Waals surface area contributed by atoms with Gasteiger partial charge in [-0.15, -0.1) is 0 Å². The summed E-state index contributed by atoms with van der Waals surface area (Å²) in [5, 5.41) is 2.81. The lowest BCUT2D eigenvalue weighted by atomic mass is 10.1. The lowest BCUT2D eigenvalue weighted by molar-refractivity contribution is 0.0940. The van der Waals surface area contributed by atoms with E-state index in [1.54, 1.807) is 37.3 Å². The van der Waals surface area contributed by atoms with E-state index in [1.165, 1.54) is 19.2 Å². The van der Waals surface area contributed by atoms with E-state index in [-0.39, 0.29) is 17.7 Å². The van der Waals surface area contributed by atoms with Crippen molar-refractivity contribution in [3.63, 3.8) is 0 Å². The Balaban J connectivity index is 2.10. The highest BCUT2D eigenvalue weighted by Gasteiger charge is 2.13. The van der Waals surface area contributed by atoms with Crippen LogP contribution in [0.2, 0.25) is 0 Å². The van der Waals surface area contributed by atoms with Gasteiger partial charge in [0.1, 0.15) is 0 Å². The van der Waals surface area contributed by atoms with Gasteiger partial charge < -0.3 is 15.8 Å². The zero-order valence-electron chi connectivity index (χ0n) is 11.9. The minimum atomic E-state index is -0.455. The highest BCUT2D eigenvalue weighted by molar-refractivity contribution is 5.94. The van der Waals surface area contributed by atoms with Crippen molar-refractivity contribution in [2.75, 3.05) is 12.8 Å². The molecule has 1 unspecified atom stereocenters. The van der Waals surface area contributed by atoms with Gasteiger partial charge in [0.15, 0.2) is 11.6 Å². The molecule has 0 aliphatic heterocycles. The predicted octanol–water partition coefficient (Wildman–Crippen LogP) is 2.91. The third-order valence-electron chi connectivity index (χ3n) is 3.20. The number of nitrogens with one attached hydrogen (secondary N) is 1. The van der Waals surface area contributed by atoms with Gasteiger partial charge in [-0.1, -0.05) is 6.07 Å². The summed E-state index contributed by atoms with van der Waals surface area (Å²) < 4.78 is 18.5. The van der Waals surface area contributed by atoms with Gasteiger partial charge in [-0.05, 0) is 48.9 Å². The fourth-order valence-corrected chi connectivity index (χ4v) is 1.95. The molecule has 4 nitrogen and oxygen atoms in total. The van der Waals surface area contributed by atoms with Crippen LogP contribution in [0.15, 0.2) is 42.5 Å². The summed E-state index contributed by atoms with van der Waals surface area (Å²) in [7, 11) is 1.41. The molecule has 110 valence electrons. The zero-order valence-corrected chi connectivity index (χ0v) is 11.9. The van der Waals surface area contributed by atoms with Gasteiger partial charge in [0.25, 0.3) is 5.91 Å². The second kappa shape index (κ2) is 6.26. The SMILES string of the molecule is COc1ccc(C(C)NC(=O)c2ccc(N)cc2)cc1F. The molecule has 0 saturated heterocycles. The van der Waals surface area contributed by atoms with Crippen molar-refractivity contribution in [2.45, 2.75) is 13.0 Å². The number of halogens is 1. The summed E-state index contributed by atoms with van der Waals surface area (Å²) in [6.07, 6.45) is 0. The van der Waals surface area contributed by atoms with Crippen LogP contribution >= 0.6 is 0 Å². The number of anilines is 1. The van der Waals surface area contributed by atoms with Crippen LogP contribution in [0.4, 0.5) is 10.1 Å². The molecule has 21 heavy (non-hydrogen) atoms. The molecule has 0 radical (unpaired) electrons. The molecule has 0 spiro atoms. The van der Waals surface area contributed by atoms with Crippen LogP contribution < -0.4 is 15.8 Å². The summed E-state index contributed by atoms with van der Waals surface area (Å²) >= 11 is 0. The van der Waals surface area contributed by atoms with Crippen LogP contribution in [0.1, 0.15) is 28.9 Å². The molecule has 2 rings (SSSR count). The number of amides is 1. The van der Waals surface area contributed by atoms with Crippen LogP contribution in [0, 0.1) is 5.82 Å². The van der Waals surface area contributed by atoms with Crippen LogP contribution in [-0.2, 0) is 0 Å². The fraction of sp³-hybridized carbons (Fsp3) is 0.188. The molecule has 2 aromatic rings. The molecule has 1 amide bonds. The number of hydrogen-bond donors (Lipinski definition) is 2. The zero-order chi connectivity index (χ0) is 15.4. The Bertz CT molecular complexity index is 641. The number of methoxy groups -OCH3 is 1. The van der Waals surface area contributed by atoms with Crippen LogP contribution in [0.3, 0.4) is 0 Å². The van der Waals surface area contributed by atoms with Crippen molar-refractivity contribution >= 4 is 11.6 Å². The lowest BCUT2D eigenvalue weighted by Crippen LogP contribution is -2.26. The molecular formula is C16H17FN2O2. The number of carbonyl (C=O) groups is 1. The second-order valence-electron chi connectivity index (χ2n) is 4.71. The van der Waals surface area contributed by atoms with Gasteiger partial charge >= 0.3 is 0 Å². The molecule has 0 aliphatic rings. The Labute approximate surface area is 122 Å². The summed E-state index contributed by atoms with van der Waals surface area (Å²) in [5.74, 6) is -0.516. The number of hydrogen-bond acceptors (Lipinski definition) is 3. The van der Waals surface area contributed by atoms with Gasteiger partial charge in [-0.2, -0.15) is 0 Å². The van der Waals surface area contributed by atoms with Gasteiger partial charge in [-0.3, -0.25) is 4.79 Å². The predicted molar refractivity (Wildman–Crippen MR) is 79.7 cm³/mol. The summed E-state index contributed by atoms with van der Waals surface area (Å²) in [4.78, 5) is 12.1. The minimum Gasteiger partial charge on any atom is -0.494 e. The van der Waals surface area contributed by atoms with Gasteiger partial charge in [-0.25, -0.2) is 4.39 Å². The Morgan fingerprint density at radius 1 is 1.24 bits per heavy atom. The van der Waals surface area contributed by atoms with E-state index in [0.717, 1.165) is 0 Å². The monoisotopic (exact) mass is 288 g/mol. The first-order valence-corrected chi connectivity index (χ1v) is 6.51. The number of nitrogens with two attached hydrogens (primary N) is 1. The molecular weight excluding hydrogens is 271 g/mol. The van der Waals surface area contributed by atoms with Crippen molar-refractivity contribution in [2.24, 2.45) is 0 Å². The average molecular weight is 288 g/mol. The molecule has 2 aromatic carbocycles. The molecule has 0 aromatic heterocycles. The molecule has 1 atom stereocenters. The maximum absolute atomic E-state index is 13.7. The third kappa shape index (κ3) is 3.51. The molecule has 0 fully saturated rings. The van der Waals surface area contributed by atoms with Crippen LogP contribution in [0.25, 0.3) is 0 Å². The molecule has 3 N–H and O–H groups in total. The normalized spacial score (nSPS) is 11.8. The molecule has 0 saturated carbocycles. The van der Waals surface area contributed by atoms with Crippen LogP contribution in [-0.4, -0.2) is 13.0 Å². The Kier molecular flexibility index (Phi) is 4.42. The Morgan fingerprint density at radius 2 is 1.90 bits per heavy atom. The van der Waals surface area contributed by atoms with E-state index in [1.807, 2.05) is 0 Å². The highest BCUT2D eigenvalue weighted by atomic mass is 19.1. The van der Waals surface area contributed by atoms with Crippen molar-refractivity contribution in [1.82, 2.24) is 5.32 Å². The largest absolute Gasteiger partial charge is 0.494 e. The summed E-state index contributed by atoms with van der Waals surface area (Å²) in [5.41, 5.74) is 7.34. The maximum atomic E-state index is 13.7. The highest BCUT2D eigenvalue weighted by Crippen LogP contribution is 2.22. The first-order chi connectivity index (χ1) is 10.0. The van der Waals surface area contributed by atoms with Gasteiger partial charge in [0.2, 0.25) is 0 Å². The average Bonchev–Trinajstić information content (AvgIpc) is 2.47. The molecule has 0 aliphatic carbocycles.